The van der Waals surface area contributed by atoms with E-state index in [4.69, 9.17) is 5.73 Å². The molecule has 0 radical (unpaired) electrons. The van der Waals surface area contributed by atoms with Gasteiger partial charge in [0.15, 0.2) is 0 Å². The highest BCUT2D eigenvalue weighted by Crippen LogP contribution is 2.36. The zero-order valence-corrected chi connectivity index (χ0v) is 9.84. The van der Waals surface area contributed by atoms with Crippen LogP contribution in [-0.4, -0.2) is 12.5 Å². The number of hydrogen-bond donors (Lipinski definition) is 2. The summed E-state index contributed by atoms with van der Waals surface area (Å²) in [7, 11) is 0. The molecular weight excluding hydrogens is 200 g/mol. The highest BCUT2D eigenvalue weighted by Gasteiger charge is 2.25. The number of hydrogen-bond acceptors (Lipinski definition) is 2. The molecule has 3 heteroatoms. The van der Waals surface area contributed by atoms with Crippen LogP contribution in [0.25, 0.3) is 0 Å². The molecule has 1 aromatic carbocycles. The van der Waals surface area contributed by atoms with Crippen molar-refractivity contribution in [3.63, 3.8) is 0 Å². The van der Waals surface area contributed by atoms with Crippen molar-refractivity contribution >= 4 is 11.6 Å². The summed E-state index contributed by atoms with van der Waals surface area (Å²) in [4.78, 5) is 11.6. The van der Waals surface area contributed by atoms with Crippen molar-refractivity contribution in [3.8, 4) is 0 Å². The lowest BCUT2D eigenvalue weighted by Gasteiger charge is -2.27. The zero-order chi connectivity index (χ0) is 11.7. The van der Waals surface area contributed by atoms with Gasteiger partial charge in [-0.25, -0.2) is 0 Å². The molecule has 1 atom stereocenters. The van der Waals surface area contributed by atoms with Gasteiger partial charge in [0.05, 0.1) is 0 Å². The van der Waals surface area contributed by atoms with Crippen LogP contribution in [0.1, 0.15) is 35.4 Å². The summed E-state index contributed by atoms with van der Waals surface area (Å²) in [6, 6.07) is 4.27. The first kappa shape index (κ1) is 11.1. The van der Waals surface area contributed by atoms with E-state index in [0.717, 1.165) is 17.7 Å². The first-order chi connectivity index (χ1) is 7.61. The Hall–Kier alpha value is -1.35. The summed E-state index contributed by atoms with van der Waals surface area (Å²) in [6.07, 6.45) is 1.44. The third kappa shape index (κ3) is 1.95. The molecule has 1 aliphatic heterocycles. The highest BCUT2D eigenvalue weighted by atomic mass is 16.1. The minimum atomic E-state index is 0.109. The summed E-state index contributed by atoms with van der Waals surface area (Å²) in [5.74, 6) is 0.394. The lowest BCUT2D eigenvalue weighted by atomic mass is 9.85. The normalized spacial score (nSPS) is 19.2. The predicted molar refractivity (Wildman–Crippen MR) is 65.6 cm³/mol. The van der Waals surface area contributed by atoms with E-state index in [1.54, 1.807) is 0 Å². The van der Waals surface area contributed by atoms with Crippen molar-refractivity contribution in [1.82, 2.24) is 0 Å². The molecule has 1 unspecified atom stereocenters. The summed E-state index contributed by atoms with van der Waals surface area (Å²) in [6.45, 7) is 4.75. The molecule has 2 rings (SSSR count). The van der Waals surface area contributed by atoms with Gasteiger partial charge in [-0.2, -0.15) is 0 Å². The summed E-state index contributed by atoms with van der Waals surface area (Å²) in [5.41, 5.74) is 10.2. The van der Waals surface area contributed by atoms with E-state index >= 15 is 0 Å². The summed E-state index contributed by atoms with van der Waals surface area (Å²) in [5, 5.41) is 2.96. The minimum absolute atomic E-state index is 0.109. The second-order valence-electron chi connectivity index (χ2n) is 4.57. The number of anilines is 1. The number of nitrogens with one attached hydrogen (secondary N) is 1. The Kier molecular flexibility index (Phi) is 2.97. The van der Waals surface area contributed by atoms with Crippen molar-refractivity contribution in [3.05, 3.63) is 28.8 Å². The number of rotatable bonds is 2. The number of carbonyl (C=O) groups excluding carboxylic acids is 1. The average Bonchev–Trinajstić information content (AvgIpc) is 2.20. The highest BCUT2D eigenvalue weighted by molar-refractivity contribution is 5.95. The summed E-state index contributed by atoms with van der Waals surface area (Å²) < 4.78 is 0. The minimum Gasteiger partial charge on any atom is -0.330 e. The topological polar surface area (TPSA) is 55.1 Å². The number of fused-ring (bicyclic) bond motifs is 1. The molecule has 0 bridgehead atoms. The Morgan fingerprint density at radius 2 is 2.19 bits per heavy atom. The van der Waals surface area contributed by atoms with Gasteiger partial charge < -0.3 is 11.1 Å². The number of carbonyl (C=O) groups is 1. The second kappa shape index (κ2) is 4.26. The molecular formula is C13H18N2O. The van der Waals surface area contributed by atoms with E-state index in [0.29, 0.717) is 13.0 Å². The van der Waals surface area contributed by atoms with Crippen LogP contribution in [0, 0.1) is 13.8 Å². The maximum atomic E-state index is 11.6. The summed E-state index contributed by atoms with van der Waals surface area (Å²) >= 11 is 0. The maximum Gasteiger partial charge on any atom is 0.225 e. The molecule has 0 saturated carbocycles. The van der Waals surface area contributed by atoms with Crippen LogP contribution < -0.4 is 11.1 Å². The van der Waals surface area contributed by atoms with Gasteiger partial charge in [0.1, 0.15) is 0 Å². The molecule has 3 nitrogen and oxygen atoms in total. The van der Waals surface area contributed by atoms with Crippen LogP contribution in [0.2, 0.25) is 0 Å². The van der Waals surface area contributed by atoms with Crippen LogP contribution in [0.4, 0.5) is 5.69 Å². The van der Waals surface area contributed by atoms with Gasteiger partial charge >= 0.3 is 0 Å². The van der Waals surface area contributed by atoms with E-state index in [1.165, 1.54) is 11.1 Å². The quantitative estimate of drug-likeness (QED) is 0.798. The van der Waals surface area contributed by atoms with Gasteiger partial charge in [0.2, 0.25) is 5.91 Å². The fourth-order valence-electron chi connectivity index (χ4n) is 2.48. The third-order valence-corrected chi connectivity index (χ3v) is 3.16. The van der Waals surface area contributed by atoms with Crippen molar-refractivity contribution < 1.29 is 4.79 Å². The molecule has 0 fully saturated rings. The Morgan fingerprint density at radius 1 is 1.44 bits per heavy atom. The van der Waals surface area contributed by atoms with E-state index < -0.39 is 0 Å². The van der Waals surface area contributed by atoms with Crippen LogP contribution in [0.3, 0.4) is 0 Å². The lowest BCUT2D eigenvalue weighted by Crippen LogP contribution is -2.25. The first-order valence-corrected chi connectivity index (χ1v) is 5.73. The van der Waals surface area contributed by atoms with Crippen LogP contribution in [0.5, 0.6) is 0 Å². The van der Waals surface area contributed by atoms with Gasteiger partial charge in [-0.15, -0.1) is 0 Å². The molecule has 16 heavy (non-hydrogen) atoms. The molecule has 1 aromatic rings. The fourth-order valence-corrected chi connectivity index (χ4v) is 2.48. The first-order valence-electron chi connectivity index (χ1n) is 5.73. The average molecular weight is 218 g/mol. The molecule has 0 spiro atoms. The van der Waals surface area contributed by atoms with Gasteiger partial charge in [-0.1, -0.05) is 17.7 Å². The van der Waals surface area contributed by atoms with Crippen molar-refractivity contribution in [2.24, 2.45) is 5.73 Å². The number of nitrogens with two attached hydrogens (primary N) is 1. The maximum absolute atomic E-state index is 11.6. The number of amides is 1. The number of aryl methyl sites for hydroxylation is 2. The fraction of sp³-hybridized carbons (Fsp3) is 0.462. The third-order valence-electron chi connectivity index (χ3n) is 3.16. The van der Waals surface area contributed by atoms with Crippen LogP contribution in [0.15, 0.2) is 12.1 Å². The van der Waals surface area contributed by atoms with Gasteiger partial charge in [-0.05, 0) is 43.9 Å². The van der Waals surface area contributed by atoms with E-state index in [9.17, 15) is 4.79 Å². The zero-order valence-electron chi connectivity index (χ0n) is 9.84. The molecule has 0 saturated heterocycles. The number of benzene rings is 1. The molecule has 1 amide bonds. The lowest BCUT2D eigenvalue weighted by molar-refractivity contribution is -0.116. The molecule has 0 aromatic heterocycles. The van der Waals surface area contributed by atoms with Crippen LogP contribution >= 0.6 is 0 Å². The van der Waals surface area contributed by atoms with E-state index in [2.05, 4.69) is 24.4 Å². The molecule has 0 aliphatic carbocycles. The smallest absolute Gasteiger partial charge is 0.225 e. The van der Waals surface area contributed by atoms with E-state index in [1.807, 2.05) is 6.92 Å². The Morgan fingerprint density at radius 3 is 2.88 bits per heavy atom. The largest absolute Gasteiger partial charge is 0.330 e. The molecule has 3 N–H and O–H groups in total. The van der Waals surface area contributed by atoms with Crippen molar-refractivity contribution in [1.29, 1.82) is 0 Å². The van der Waals surface area contributed by atoms with Crippen LogP contribution in [-0.2, 0) is 4.79 Å². The molecule has 86 valence electrons. The monoisotopic (exact) mass is 218 g/mol. The molecule has 1 heterocycles. The van der Waals surface area contributed by atoms with Gasteiger partial charge in [0.25, 0.3) is 0 Å². The molecule has 1 aliphatic rings. The van der Waals surface area contributed by atoms with Gasteiger partial charge in [0, 0.05) is 12.1 Å². The van der Waals surface area contributed by atoms with E-state index in [-0.39, 0.29) is 11.8 Å². The standard InChI is InChI=1S/C13H18N2O/c1-8-5-9(2)13-11(6-8)10(3-4-14)7-12(16)15-13/h5-6,10H,3-4,7,14H2,1-2H3,(H,15,16). The predicted octanol–water partition coefficient (Wildman–Crippen LogP) is 2.08. The Balaban J connectivity index is 2.47. The van der Waals surface area contributed by atoms with Gasteiger partial charge in [-0.3, -0.25) is 4.79 Å². The SMILES string of the molecule is Cc1cc(C)c2c(c1)C(CCN)CC(=O)N2. The Bertz CT molecular complexity index is 426. The second-order valence-corrected chi connectivity index (χ2v) is 4.57. The van der Waals surface area contributed by atoms with Crippen molar-refractivity contribution in [2.75, 3.05) is 11.9 Å². The Labute approximate surface area is 96.0 Å². The van der Waals surface area contributed by atoms with Crippen molar-refractivity contribution in [2.45, 2.75) is 32.6 Å².